The van der Waals surface area contributed by atoms with Gasteiger partial charge in [-0.3, -0.25) is 4.79 Å². The third kappa shape index (κ3) is 10.3. The molecular formula is C23H41N3O. The van der Waals surface area contributed by atoms with Crippen LogP contribution in [0.5, 0.6) is 0 Å². The number of benzene rings is 1. The van der Waals surface area contributed by atoms with Gasteiger partial charge in [0.2, 0.25) is 5.91 Å². The second kappa shape index (κ2) is 8.99. The van der Waals surface area contributed by atoms with Crippen LogP contribution < -0.4 is 16.0 Å². The first kappa shape index (κ1) is 23.3. The van der Waals surface area contributed by atoms with E-state index in [-0.39, 0.29) is 5.91 Å². The largest absolute Gasteiger partial charge is 0.385 e. The van der Waals surface area contributed by atoms with Gasteiger partial charge in [-0.2, -0.15) is 0 Å². The van der Waals surface area contributed by atoms with Crippen molar-refractivity contribution in [2.45, 2.75) is 75.2 Å². The van der Waals surface area contributed by atoms with Gasteiger partial charge >= 0.3 is 0 Å². The molecule has 0 aliphatic heterocycles. The van der Waals surface area contributed by atoms with Crippen molar-refractivity contribution in [1.29, 1.82) is 0 Å². The maximum Gasteiger partial charge on any atom is 0.229 e. The molecule has 0 aliphatic carbocycles. The third-order valence-corrected chi connectivity index (χ3v) is 4.28. The number of anilines is 3. The van der Waals surface area contributed by atoms with E-state index in [1.165, 1.54) is 0 Å². The number of carbonyl (C=O) groups excluding carboxylic acids is 1. The average molecular weight is 376 g/mol. The number of hydrogen-bond acceptors (Lipinski definition) is 3. The van der Waals surface area contributed by atoms with Crippen LogP contribution in [0.1, 0.15) is 75.2 Å². The van der Waals surface area contributed by atoms with Crippen LogP contribution >= 0.6 is 0 Å². The molecule has 3 N–H and O–H groups in total. The predicted molar refractivity (Wildman–Crippen MR) is 120 cm³/mol. The van der Waals surface area contributed by atoms with E-state index in [1.807, 2.05) is 32.9 Å². The van der Waals surface area contributed by atoms with E-state index in [9.17, 15) is 4.79 Å². The normalized spacial score (nSPS) is 12.6. The number of carbonyl (C=O) groups is 1. The Bertz CT molecular complexity index is 578. The molecule has 1 aromatic rings. The van der Waals surface area contributed by atoms with Crippen molar-refractivity contribution >= 4 is 23.0 Å². The molecule has 0 unspecified atom stereocenters. The Morgan fingerprint density at radius 3 is 1.41 bits per heavy atom. The molecule has 1 aromatic carbocycles. The molecule has 4 nitrogen and oxygen atoms in total. The summed E-state index contributed by atoms with van der Waals surface area (Å²) in [6.45, 7) is 21.1. The fourth-order valence-electron chi connectivity index (χ4n) is 2.39. The molecule has 1 amide bonds. The molecule has 0 spiro atoms. The van der Waals surface area contributed by atoms with Crippen molar-refractivity contribution in [3.63, 3.8) is 0 Å². The maximum absolute atomic E-state index is 12.4. The lowest BCUT2D eigenvalue weighted by Crippen LogP contribution is -2.27. The number of nitrogens with one attached hydrogen (secondary N) is 3. The highest BCUT2D eigenvalue weighted by Crippen LogP contribution is 2.27. The predicted octanol–water partition coefficient (Wildman–Crippen LogP) is 6.37. The summed E-state index contributed by atoms with van der Waals surface area (Å²) in [5.74, 6) is 0.0231. The zero-order valence-corrected chi connectivity index (χ0v) is 19.0. The van der Waals surface area contributed by atoms with Crippen LogP contribution in [0.15, 0.2) is 18.2 Å². The van der Waals surface area contributed by atoms with E-state index in [1.54, 1.807) is 0 Å². The first-order valence-corrected chi connectivity index (χ1v) is 10.1. The summed E-state index contributed by atoms with van der Waals surface area (Å²) < 4.78 is 0. The quantitative estimate of drug-likeness (QED) is 0.519. The minimum atomic E-state index is -0.421. The lowest BCUT2D eigenvalue weighted by molar-refractivity contribution is -0.123. The molecule has 0 fully saturated rings. The van der Waals surface area contributed by atoms with Crippen molar-refractivity contribution in [3.05, 3.63) is 18.2 Å². The summed E-state index contributed by atoms with van der Waals surface area (Å²) >= 11 is 0. The molecule has 1 rings (SSSR count). The summed E-state index contributed by atoms with van der Waals surface area (Å²) in [7, 11) is 0. The lowest BCUT2D eigenvalue weighted by atomic mass is 9.92. The van der Waals surface area contributed by atoms with Crippen LogP contribution in [0.2, 0.25) is 0 Å². The number of rotatable bonds is 7. The van der Waals surface area contributed by atoms with Crippen LogP contribution in [0.4, 0.5) is 17.1 Å². The number of amides is 1. The van der Waals surface area contributed by atoms with Gasteiger partial charge in [-0.05, 0) is 41.9 Å². The summed E-state index contributed by atoms with van der Waals surface area (Å²) in [6, 6.07) is 6.15. The van der Waals surface area contributed by atoms with Gasteiger partial charge in [0, 0.05) is 35.6 Å². The van der Waals surface area contributed by atoms with Gasteiger partial charge in [-0.1, -0.05) is 62.3 Å². The van der Waals surface area contributed by atoms with Gasteiger partial charge in [0.1, 0.15) is 0 Å². The molecule has 0 radical (unpaired) electrons. The molecule has 4 heteroatoms. The van der Waals surface area contributed by atoms with Crippen LogP contribution in [0.25, 0.3) is 0 Å². The van der Waals surface area contributed by atoms with Crippen molar-refractivity contribution < 1.29 is 4.79 Å². The molecule has 27 heavy (non-hydrogen) atoms. The molecule has 0 bridgehead atoms. The summed E-state index contributed by atoms with van der Waals surface area (Å²) in [4.78, 5) is 12.4. The van der Waals surface area contributed by atoms with Crippen molar-refractivity contribution in [1.82, 2.24) is 0 Å². The van der Waals surface area contributed by atoms with Crippen LogP contribution in [-0.2, 0) is 4.79 Å². The highest BCUT2D eigenvalue weighted by atomic mass is 16.2. The van der Waals surface area contributed by atoms with Gasteiger partial charge in [0.15, 0.2) is 0 Å². The SMILES string of the molecule is CC(C)(C)CCNc1cc(NCCC(C)(C)C)cc(NC(=O)C(C)(C)C)c1. The van der Waals surface area contributed by atoms with E-state index in [4.69, 9.17) is 0 Å². The highest BCUT2D eigenvalue weighted by molar-refractivity contribution is 5.95. The Morgan fingerprint density at radius 2 is 1.07 bits per heavy atom. The van der Waals surface area contributed by atoms with Gasteiger partial charge in [0.05, 0.1) is 0 Å². The lowest BCUT2D eigenvalue weighted by Gasteiger charge is -2.22. The van der Waals surface area contributed by atoms with Crippen LogP contribution in [-0.4, -0.2) is 19.0 Å². The molecule has 0 saturated heterocycles. The summed E-state index contributed by atoms with van der Waals surface area (Å²) in [6.07, 6.45) is 2.16. The topological polar surface area (TPSA) is 53.2 Å². The van der Waals surface area contributed by atoms with Crippen molar-refractivity contribution in [3.8, 4) is 0 Å². The first-order valence-electron chi connectivity index (χ1n) is 10.1. The van der Waals surface area contributed by atoms with E-state index >= 15 is 0 Å². The van der Waals surface area contributed by atoms with E-state index in [2.05, 4.69) is 63.6 Å². The average Bonchev–Trinajstić information content (AvgIpc) is 2.43. The van der Waals surface area contributed by atoms with Crippen molar-refractivity contribution in [2.24, 2.45) is 16.2 Å². The Hall–Kier alpha value is -1.71. The van der Waals surface area contributed by atoms with E-state index < -0.39 is 5.41 Å². The van der Waals surface area contributed by atoms with Gasteiger partial charge < -0.3 is 16.0 Å². The smallest absolute Gasteiger partial charge is 0.229 e. The fourth-order valence-corrected chi connectivity index (χ4v) is 2.39. The second-order valence-electron chi connectivity index (χ2n) is 11.0. The Balaban J connectivity index is 2.91. The second-order valence-corrected chi connectivity index (χ2v) is 11.0. The van der Waals surface area contributed by atoms with Crippen LogP contribution in [0, 0.1) is 16.2 Å². The first-order chi connectivity index (χ1) is 12.2. The summed E-state index contributed by atoms with van der Waals surface area (Å²) in [5.41, 5.74) is 3.05. The Morgan fingerprint density at radius 1 is 0.704 bits per heavy atom. The monoisotopic (exact) mass is 375 g/mol. The van der Waals surface area contributed by atoms with E-state index in [0.29, 0.717) is 10.8 Å². The van der Waals surface area contributed by atoms with Gasteiger partial charge in [-0.15, -0.1) is 0 Å². The standard InChI is InChI=1S/C23H41N3O/c1-21(2,3)10-12-24-17-14-18(25-13-11-22(4,5)6)16-19(15-17)26-20(27)23(7,8)9/h14-16,24-25H,10-13H2,1-9H3,(H,26,27). The van der Waals surface area contributed by atoms with Gasteiger partial charge in [-0.25, -0.2) is 0 Å². The molecule has 0 atom stereocenters. The maximum atomic E-state index is 12.4. The fraction of sp³-hybridized carbons (Fsp3) is 0.696. The summed E-state index contributed by atoms with van der Waals surface area (Å²) in [5, 5.41) is 10.1. The molecule has 0 saturated carbocycles. The van der Waals surface area contributed by atoms with Gasteiger partial charge in [0.25, 0.3) is 0 Å². The molecule has 0 aliphatic rings. The zero-order valence-electron chi connectivity index (χ0n) is 19.0. The Labute approximate surface area is 166 Å². The van der Waals surface area contributed by atoms with Crippen LogP contribution in [0.3, 0.4) is 0 Å². The van der Waals surface area contributed by atoms with Crippen molar-refractivity contribution in [2.75, 3.05) is 29.0 Å². The van der Waals surface area contributed by atoms with E-state index in [0.717, 1.165) is 43.0 Å². The molecule has 154 valence electrons. The Kier molecular flexibility index (Phi) is 7.76. The molecular weight excluding hydrogens is 334 g/mol. The minimum absolute atomic E-state index is 0.0231. The zero-order chi connectivity index (χ0) is 20.9. The molecule has 0 heterocycles. The minimum Gasteiger partial charge on any atom is -0.385 e. The molecule has 0 aromatic heterocycles. The highest BCUT2D eigenvalue weighted by Gasteiger charge is 2.21. The third-order valence-electron chi connectivity index (χ3n) is 4.28. The number of hydrogen-bond donors (Lipinski definition) is 3.